The number of aryl methyl sites for hydroxylation is 1. The summed E-state index contributed by atoms with van der Waals surface area (Å²) in [7, 11) is 2.01. The Bertz CT molecular complexity index is 191. The highest BCUT2D eigenvalue weighted by Gasteiger charge is 1.91. The number of nitrogens with zero attached hydrogens (tertiary/aromatic N) is 1. The molecule has 0 amide bonds. The molecular formula is C8H11BN. The van der Waals surface area contributed by atoms with Gasteiger partial charge in [-0.2, -0.15) is 0 Å². The van der Waals surface area contributed by atoms with E-state index in [2.05, 4.69) is 18.0 Å². The minimum Gasteiger partial charge on any atom is -0.272 e. The van der Waals surface area contributed by atoms with Crippen LogP contribution in [0.4, 0.5) is 0 Å². The molecular weight excluding hydrogens is 121 g/mol. The van der Waals surface area contributed by atoms with Crippen LogP contribution in [0.25, 0.3) is 0 Å². The van der Waals surface area contributed by atoms with Crippen molar-refractivity contribution in [2.24, 2.45) is 0 Å². The van der Waals surface area contributed by atoms with Gasteiger partial charge in [-0.05, 0) is 29.7 Å². The lowest BCUT2D eigenvalue weighted by Crippen LogP contribution is -2.14. The first kappa shape index (κ1) is 7.32. The fourth-order valence-electron chi connectivity index (χ4n) is 0.872. The van der Waals surface area contributed by atoms with Gasteiger partial charge in [0.15, 0.2) is 7.28 Å². The van der Waals surface area contributed by atoms with Crippen molar-refractivity contribution in [1.29, 1.82) is 0 Å². The number of hydrogen-bond acceptors (Lipinski definition) is 1. The molecule has 1 heterocycles. The number of aromatic nitrogens is 1. The van der Waals surface area contributed by atoms with Crippen LogP contribution in [0.1, 0.15) is 12.5 Å². The first-order valence-corrected chi connectivity index (χ1v) is 3.61. The third-order valence-electron chi connectivity index (χ3n) is 1.55. The predicted octanol–water partition coefficient (Wildman–Crippen LogP) is 1.02. The topological polar surface area (TPSA) is 12.9 Å². The summed E-state index contributed by atoms with van der Waals surface area (Å²) in [6.07, 6.45) is 2.94. The summed E-state index contributed by atoms with van der Waals surface area (Å²) in [5.41, 5.74) is 2.42. The Morgan fingerprint density at radius 2 is 2.40 bits per heavy atom. The van der Waals surface area contributed by atoms with Crippen molar-refractivity contribution in [3.8, 4) is 0 Å². The molecule has 10 heavy (non-hydrogen) atoms. The van der Waals surface area contributed by atoms with Gasteiger partial charge in [-0.3, -0.25) is 4.98 Å². The molecule has 0 aliphatic heterocycles. The van der Waals surface area contributed by atoms with Gasteiger partial charge in [-0.1, -0.05) is 13.7 Å². The Kier molecular flexibility index (Phi) is 2.49. The Hall–Kier alpha value is -0.785. The molecule has 1 nitrogen and oxygen atoms in total. The van der Waals surface area contributed by atoms with Gasteiger partial charge in [-0.25, -0.2) is 0 Å². The minimum atomic E-state index is 1.07. The second kappa shape index (κ2) is 3.40. The molecule has 0 aromatic carbocycles. The number of rotatable bonds is 2. The molecule has 0 bridgehead atoms. The van der Waals surface area contributed by atoms with E-state index in [0.717, 1.165) is 12.0 Å². The first-order valence-electron chi connectivity index (χ1n) is 3.61. The zero-order valence-electron chi connectivity index (χ0n) is 6.46. The summed E-state index contributed by atoms with van der Waals surface area (Å²) in [4.78, 5) is 4.15. The molecule has 1 radical (unpaired) electrons. The smallest absolute Gasteiger partial charge is 0.174 e. The van der Waals surface area contributed by atoms with Crippen molar-refractivity contribution in [3.05, 3.63) is 23.9 Å². The van der Waals surface area contributed by atoms with E-state index in [-0.39, 0.29) is 0 Å². The molecule has 0 fully saturated rings. The molecule has 0 saturated heterocycles. The lowest BCUT2D eigenvalue weighted by molar-refractivity contribution is 1.13. The maximum absolute atomic E-state index is 4.15. The van der Waals surface area contributed by atoms with Crippen LogP contribution >= 0.6 is 0 Å². The molecule has 2 heteroatoms. The highest BCUT2D eigenvalue weighted by atomic mass is 14.6. The molecule has 0 aliphatic carbocycles. The van der Waals surface area contributed by atoms with Crippen LogP contribution in [0.15, 0.2) is 18.3 Å². The summed E-state index contributed by atoms with van der Waals surface area (Å²) >= 11 is 0. The Morgan fingerprint density at radius 3 is 3.00 bits per heavy atom. The van der Waals surface area contributed by atoms with Crippen molar-refractivity contribution in [1.82, 2.24) is 4.98 Å². The fourth-order valence-corrected chi connectivity index (χ4v) is 0.872. The normalized spacial score (nSPS) is 9.40. The van der Waals surface area contributed by atoms with Crippen molar-refractivity contribution in [2.75, 3.05) is 0 Å². The van der Waals surface area contributed by atoms with Gasteiger partial charge >= 0.3 is 0 Å². The lowest BCUT2D eigenvalue weighted by atomic mass is 9.77. The van der Waals surface area contributed by atoms with Crippen molar-refractivity contribution in [2.45, 2.75) is 20.2 Å². The van der Waals surface area contributed by atoms with E-state index in [0.29, 0.717) is 0 Å². The predicted molar refractivity (Wildman–Crippen MR) is 44.9 cm³/mol. The molecule has 0 saturated carbocycles. The van der Waals surface area contributed by atoms with E-state index in [9.17, 15) is 0 Å². The molecule has 1 rings (SSSR count). The second-order valence-electron chi connectivity index (χ2n) is 2.23. The summed E-state index contributed by atoms with van der Waals surface area (Å²) in [6.45, 7) is 4.15. The Labute approximate surface area is 62.7 Å². The van der Waals surface area contributed by atoms with Crippen LogP contribution in [0.2, 0.25) is 6.82 Å². The number of pyridine rings is 1. The Morgan fingerprint density at radius 1 is 1.60 bits per heavy atom. The summed E-state index contributed by atoms with van der Waals surface area (Å²) in [5, 5.41) is 0. The highest BCUT2D eigenvalue weighted by molar-refractivity contribution is 6.50. The van der Waals surface area contributed by atoms with Crippen LogP contribution in [-0.2, 0) is 6.42 Å². The standard InChI is InChI=1S/C8H11BN/c1-3-7-4-5-10-8(6-7)9-2/h4-6H,3H2,1-2H3. The summed E-state index contributed by atoms with van der Waals surface area (Å²) in [5.74, 6) is 0. The summed E-state index contributed by atoms with van der Waals surface area (Å²) in [6, 6.07) is 4.16. The third kappa shape index (κ3) is 1.60. The number of hydrogen-bond donors (Lipinski definition) is 0. The molecule has 1 aromatic heterocycles. The van der Waals surface area contributed by atoms with Gasteiger partial charge in [-0.15, -0.1) is 0 Å². The Balaban J connectivity index is 2.87. The van der Waals surface area contributed by atoms with Crippen molar-refractivity contribution in [3.63, 3.8) is 0 Å². The molecule has 0 atom stereocenters. The zero-order valence-corrected chi connectivity index (χ0v) is 6.46. The third-order valence-corrected chi connectivity index (χ3v) is 1.55. The van der Waals surface area contributed by atoms with Crippen LogP contribution in [-0.4, -0.2) is 12.3 Å². The monoisotopic (exact) mass is 132 g/mol. The molecule has 0 unspecified atom stereocenters. The largest absolute Gasteiger partial charge is 0.272 e. The minimum absolute atomic E-state index is 1.07. The van der Waals surface area contributed by atoms with E-state index < -0.39 is 0 Å². The maximum Gasteiger partial charge on any atom is 0.174 e. The van der Waals surface area contributed by atoms with Crippen LogP contribution in [0, 0.1) is 0 Å². The zero-order chi connectivity index (χ0) is 7.40. The van der Waals surface area contributed by atoms with Gasteiger partial charge < -0.3 is 0 Å². The van der Waals surface area contributed by atoms with Gasteiger partial charge in [0.2, 0.25) is 0 Å². The second-order valence-corrected chi connectivity index (χ2v) is 2.23. The van der Waals surface area contributed by atoms with Crippen LogP contribution in [0.3, 0.4) is 0 Å². The lowest BCUT2D eigenvalue weighted by Gasteiger charge is -1.97. The van der Waals surface area contributed by atoms with Crippen molar-refractivity contribution >= 4 is 12.9 Å². The SMILES string of the molecule is C[B]c1cc(CC)ccn1. The van der Waals surface area contributed by atoms with Crippen LogP contribution < -0.4 is 5.59 Å². The van der Waals surface area contributed by atoms with E-state index in [1.165, 1.54) is 5.56 Å². The molecule has 1 aromatic rings. The van der Waals surface area contributed by atoms with Crippen molar-refractivity contribution < 1.29 is 0 Å². The molecule has 0 spiro atoms. The average molecular weight is 132 g/mol. The molecule has 51 valence electrons. The van der Waals surface area contributed by atoms with E-state index in [1.54, 1.807) is 0 Å². The van der Waals surface area contributed by atoms with E-state index in [1.807, 2.05) is 26.4 Å². The highest BCUT2D eigenvalue weighted by Crippen LogP contribution is 1.93. The quantitative estimate of drug-likeness (QED) is 0.547. The average Bonchev–Trinajstić information content (AvgIpc) is 2.05. The fraction of sp³-hybridized carbons (Fsp3) is 0.375. The van der Waals surface area contributed by atoms with Crippen LogP contribution in [0.5, 0.6) is 0 Å². The van der Waals surface area contributed by atoms with Gasteiger partial charge in [0.05, 0.1) is 0 Å². The maximum atomic E-state index is 4.15. The van der Waals surface area contributed by atoms with E-state index in [4.69, 9.17) is 0 Å². The molecule has 0 N–H and O–H groups in total. The van der Waals surface area contributed by atoms with E-state index >= 15 is 0 Å². The van der Waals surface area contributed by atoms with Gasteiger partial charge in [0.1, 0.15) is 0 Å². The molecule has 0 aliphatic rings. The van der Waals surface area contributed by atoms with Gasteiger partial charge in [0.25, 0.3) is 0 Å². The first-order chi connectivity index (χ1) is 4.86. The summed E-state index contributed by atoms with van der Waals surface area (Å²) < 4.78 is 0. The van der Waals surface area contributed by atoms with Gasteiger partial charge in [0, 0.05) is 6.20 Å².